The second-order valence-electron chi connectivity index (χ2n) is 8.47. The molecule has 2 aromatic carbocycles. The Kier molecular flexibility index (Phi) is 5.79. The van der Waals surface area contributed by atoms with Crippen molar-refractivity contribution in [3.63, 3.8) is 0 Å². The van der Waals surface area contributed by atoms with E-state index >= 15 is 0 Å². The Morgan fingerprint density at radius 3 is 2.44 bits per heavy atom. The molecular weight excluding hydrogens is 434 g/mol. The highest BCUT2D eigenvalue weighted by molar-refractivity contribution is 6.22. The normalized spacial score (nSPS) is 16.0. The number of nitrogens with one attached hydrogen (secondary N) is 1. The highest BCUT2D eigenvalue weighted by Crippen LogP contribution is 2.27. The third-order valence-electron chi connectivity index (χ3n) is 6.39. The molecule has 8 nitrogen and oxygen atoms in total. The van der Waals surface area contributed by atoms with Crippen LogP contribution in [0.25, 0.3) is 0 Å². The highest BCUT2D eigenvalue weighted by atomic mass is 16.5. The van der Waals surface area contributed by atoms with E-state index in [9.17, 15) is 14.4 Å². The zero-order valence-electron chi connectivity index (χ0n) is 18.8. The van der Waals surface area contributed by atoms with Gasteiger partial charge in [-0.25, -0.2) is 0 Å². The second kappa shape index (κ2) is 9.05. The lowest BCUT2D eigenvalue weighted by Gasteiger charge is -2.34. The Balaban J connectivity index is 1.21. The molecule has 0 saturated carbocycles. The van der Waals surface area contributed by atoms with E-state index in [1.165, 1.54) is 12.3 Å². The molecule has 3 heterocycles. The number of carbonyl (C=O) groups excluding carboxylic acids is 3. The van der Waals surface area contributed by atoms with E-state index in [1.54, 1.807) is 31.4 Å². The summed E-state index contributed by atoms with van der Waals surface area (Å²) in [5.41, 5.74) is 2.06. The number of imide groups is 1. The molecule has 1 saturated heterocycles. The third kappa shape index (κ3) is 4.14. The van der Waals surface area contributed by atoms with Gasteiger partial charge in [-0.3, -0.25) is 19.3 Å². The maximum Gasteiger partial charge on any atom is 0.261 e. The molecule has 0 atom stereocenters. The van der Waals surface area contributed by atoms with Crippen molar-refractivity contribution in [2.75, 3.05) is 25.1 Å². The van der Waals surface area contributed by atoms with Crippen molar-refractivity contribution in [2.24, 2.45) is 0 Å². The van der Waals surface area contributed by atoms with Crippen LogP contribution in [0.5, 0.6) is 5.75 Å². The van der Waals surface area contributed by atoms with Gasteiger partial charge in [-0.05, 0) is 67.4 Å². The predicted molar refractivity (Wildman–Crippen MR) is 125 cm³/mol. The van der Waals surface area contributed by atoms with E-state index in [0.717, 1.165) is 42.3 Å². The lowest BCUT2D eigenvalue weighted by molar-refractivity contribution is 0.0631. The molecule has 3 amide bonds. The summed E-state index contributed by atoms with van der Waals surface area (Å²) < 4.78 is 10.5. The lowest BCUT2D eigenvalue weighted by atomic mass is 10.0. The number of fused-ring (bicyclic) bond motifs is 1. The van der Waals surface area contributed by atoms with E-state index < -0.39 is 5.91 Å². The van der Waals surface area contributed by atoms with Gasteiger partial charge in [0.2, 0.25) is 0 Å². The van der Waals surface area contributed by atoms with Crippen molar-refractivity contribution < 1.29 is 23.5 Å². The number of furan rings is 1. The summed E-state index contributed by atoms with van der Waals surface area (Å²) in [6.45, 7) is 1.72. The van der Waals surface area contributed by atoms with Crippen molar-refractivity contribution in [3.05, 3.63) is 83.3 Å². The summed E-state index contributed by atoms with van der Waals surface area (Å²) >= 11 is 0. The molecule has 0 bridgehead atoms. The summed E-state index contributed by atoms with van der Waals surface area (Å²) in [4.78, 5) is 41.8. The molecule has 0 radical (unpaired) electrons. The molecule has 0 aliphatic carbocycles. The number of nitrogens with zero attached hydrogens (tertiary/aromatic N) is 2. The molecule has 1 N–H and O–H groups in total. The van der Waals surface area contributed by atoms with Gasteiger partial charge in [0.25, 0.3) is 17.7 Å². The number of hydrogen-bond acceptors (Lipinski definition) is 6. The van der Waals surface area contributed by atoms with Gasteiger partial charge in [-0.15, -0.1) is 0 Å². The number of amides is 3. The van der Waals surface area contributed by atoms with Crippen LogP contribution in [0.2, 0.25) is 0 Å². The lowest BCUT2D eigenvalue weighted by Crippen LogP contribution is -2.44. The Morgan fingerprint density at radius 2 is 1.76 bits per heavy atom. The monoisotopic (exact) mass is 459 g/mol. The maximum atomic E-state index is 12.9. The predicted octanol–water partition coefficient (Wildman–Crippen LogP) is 3.48. The SMILES string of the molecule is COc1ccc(N2CCC(NC(=O)c3ccc4c(c3)C(=O)N(Cc3ccco3)C4=O)CC2)cc1. The molecule has 2 aliphatic heterocycles. The van der Waals surface area contributed by atoms with Crippen LogP contribution in [0.1, 0.15) is 49.7 Å². The number of methoxy groups -OCH3 is 1. The summed E-state index contributed by atoms with van der Waals surface area (Å²) in [7, 11) is 1.65. The molecular formula is C26H25N3O5. The van der Waals surface area contributed by atoms with E-state index in [1.807, 2.05) is 24.3 Å². The first-order valence-electron chi connectivity index (χ1n) is 11.3. The smallest absolute Gasteiger partial charge is 0.261 e. The molecule has 2 aliphatic rings. The van der Waals surface area contributed by atoms with Gasteiger partial charge in [0.05, 0.1) is 31.0 Å². The average Bonchev–Trinajstić information content (AvgIpc) is 3.47. The van der Waals surface area contributed by atoms with Gasteiger partial charge in [-0.2, -0.15) is 0 Å². The van der Waals surface area contributed by atoms with E-state index in [-0.39, 0.29) is 30.0 Å². The first kappa shape index (κ1) is 21.8. The quantitative estimate of drug-likeness (QED) is 0.568. The molecule has 3 aromatic rings. The number of ether oxygens (including phenoxy) is 1. The molecule has 0 spiro atoms. The van der Waals surface area contributed by atoms with Gasteiger partial charge >= 0.3 is 0 Å². The van der Waals surface area contributed by atoms with E-state index in [4.69, 9.17) is 9.15 Å². The Hall–Kier alpha value is -4.07. The fraction of sp³-hybridized carbons (Fsp3) is 0.269. The number of piperidine rings is 1. The minimum Gasteiger partial charge on any atom is -0.497 e. The Bertz CT molecular complexity index is 1210. The van der Waals surface area contributed by atoms with Gasteiger partial charge in [0, 0.05) is 30.4 Å². The highest BCUT2D eigenvalue weighted by Gasteiger charge is 2.36. The van der Waals surface area contributed by atoms with Crippen molar-refractivity contribution in [2.45, 2.75) is 25.4 Å². The topological polar surface area (TPSA) is 92.1 Å². The Labute approximate surface area is 197 Å². The van der Waals surface area contributed by atoms with E-state index in [2.05, 4.69) is 10.2 Å². The van der Waals surface area contributed by atoms with Crippen molar-refractivity contribution in [3.8, 4) is 5.75 Å². The van der Waals surface area contributed by atoms with Crippen molar-refractivity contribution >= 4 is 23.4 Å². The van der Waals surface area contributed by atoms with Crippen LogP contribution in [0.4, 0.5) is 5.69 Å². The van der Waals surface area contributed by atoms with E-state index in [0.29, 0.717) is 16.9 Å². The minimum absolute atomic E-state index is 0.0445. The van der Waals surface area contributed by atoms with Crippen molar-refractivity contribution in [1.29, 1.82) is 0 Å². The largest absolute Gasteiger partial charge is 0.497 e. The van der Waals surface area contributed by atoms with Gasteiger partial charge in [0.15, 0.2) is 0 Å². The van der Waals surface area contributed by atoms with Gasteiger partial charge in [0.1, 0.15) is 11.5 Å². The first-order chi connectivity index (χ1) is 16.5. The molecule has 1 fully saturated rings. The summed E-state index contributed by atoms with van der Waals surface area (Å²) in [6, 6.07) is 16.1. The second-order valence-corrected chi connectivity index (χ2v) is 8.47. The van der Waals surface area contributed by atoms with Gasteiger partial charge < -0.3 is 19.4 Å². The molecule has 0 unspecified atom stereocenters. The van der Waals surface area contributed by atoms with Crippen LogP contribution >= 0.6 is 0 Å². The standard InChI is InChI=1S/C26H25N3O5/c1-33-20-7-5-19(6-8-20)28-12-10-18(11-13-28)27-24(30)17-4-9-22-23(15-17)26(32)29(25(22)31)16-21-3-2-14-34-21/h2-9,14-15,18H,10-13,16H2,1H3,(H,27,30). The first-order valence-corrected chi connectivity index (χ1v) is 11.3. The average molecular weight is 460 g/mol. The number of hydrogen-bond donors (Lipinski definition) is 1. The van der Waals surface area contributed by atoms with Crippen LogP contribution in [0, 0.1) is 0 Å². The number of carbonyl (C=O) groups is 3. The van der Waals surface area contributed by atoms with Crippen LogP contribution in [0.15, 0.2) is 65.3 Å². The molecule has 34 heavy (non-hydrogen) atoms. The van der Waals surface area contributed by atoms with Crippen LogP contribution < -0.4 is 15.0 Å². The van der Waals surface area contributed by atoms with Crippen LogP contribution in [-0.2, 0) is 6.54 Å². The maximum absolute atomic E-state index is 12.9. The van der Waals surface area contributed by atoms with Gasteiger partial charge in [-0.1, -0.05) is 0 Å². The summed E-state index contributed by atoms with van der Waals surface area (Å²) in [5, 5.41) is 3.08. The zero-order chi connectivity index (χ0) is 23.7. The molecule has 1 aromatic heterocycles. The number of rotatable bonds is 6. The molecule has 8 heteroatoms. The van der Waals surface area contributed by atoms with Crippen LogP contribution in [-0.4, -0.2) is 48.9 Å². The summed E-state index contributed by atoms with van der Waals surface area (Å²) in [6.07, 6.45) is 3.13. The Morgan fingerprint density at radius 1 is 1.03 bits per heavy atom. The fourth-order valence-electron chi connectivity index (χ4n) is 4.48. The zero-order valence-corrected chi connectivity index (χ0v) is 18.8. The van der Waals surface area contributed by atoms with Crippen molar-refractivity contribution in [1.82, 2.24) is 10.2 Å². The minimum atomic E-state index is -0.418. The molecule has 5 rings (SSSR count). The fourth-order valence-corrected chi connectivity index (χ4v) is 4.48. The molecule has 174 valence electrons. The third-order valence-corrected chi connectivity index (χ3v) is 6.39. The number of anilines is 1. The summed E-state index contributed by atoms with van der Waals surface area (Å²) in [5.74, 6) is 0.307. The number of benzene rings is 2. The van der Waals surface area contributed by atoms with Crippen LogP contribution in [0.3, 0.4) is 0 Å².